The Kier molecular flexibility index (Phi) is 7.10. The molecule has 1 aromatic carbocycles. The zero-order valence-corrected chi connectivity index (χ0v) is 22.2. The van der Waals surface area contributed by atoms with Crippen LogP contribution in [-0.2, 0) is 22.7 Å². The van der Waals surface area contributed by atoms with Gasteiger partial charge < -0.3 is 9.80 Å². The molecule has 0 atom stereocenters. The van der Waals surface area contributed by atoms with Crippen LogP contribution < -0.4 is 9.62 Å². The van der Waals surface area contributed by atoms with Crippen LogP contribution in [0.15, 0.2) is 30.6 Å². The molecule has 0 saturated carbocycles. The zero-order chi connectivity index (χ0) is 27.1. The summed E-state index contributed by atoms with van der Waals surface area (Å²) in [5.41, 5.74) is 0.588. The van der Waals surface area contributed by atoms with E-state index < -0.39 is 21.8 Å². The van der Waals surface area contributed by atoms with E-state index in [1.807, 2.05) is 11.0 Å². The van der Waals surface area contributed by atoms with Gasteiger partial charge in [0.15, 0.2) is 0 Å². The van der Waals surface area contributed by atoms with Gasteiger partial charge in [-0.15, -0.1) is 0 Å². The number of hydrogen-bond donors (Lipinski definition) is 1. The number of hydrogen-bond acceptors (Lipinski definition) is 6. The van der Waals surface area contributed by atoms with Crippen molar-refractivity contribution in [1.29, 1.82) is 0 Å². The Hall–Kier alpha value is -2.80. The topological polar surface area (TPSA) is 90.8 Å². The molecule has 1 N–H and O–H groups in total. The molecule has 1 amide bonds. The van der Waals surface area contributed by atoms with E-state index in [1.54, 1.807) is 11.0 Å². The first kappa shape index (κ1) is 26.8. The van der Waals surface area contributed by atoms with Crippen LogP contribution in [0.5, 0.6) is 0 Å². The van der Waals surface area contributed by atoms with E-state index in [9.17, 15) is 26.4 Å². The minimum absolute atomic E-state index is 0.0300. The largest absolute Gasteiger partial charge is 0.416 e. The lowest BCUT2D eigenvalue weighted by molar-refractivity contribution is -0.138. The average molecular weight is 555 g/mol. The molecule has 13 heteroatoms. The van der Waals surface area contributed by atoms with Crippen molar-refractivity contribution >= 4 is 27.4 Å². The smallest absolute Gasteiger partial charge is 0.372 e. The molecular formula is C25H33F3N6O3S. The number of piperidine rings is 1. The van der Waals surface area contributed by atoms with Gasteiger partial charge >= 0.3 is 12.2 Å². The zero-order valence-electron chi connectivity index (χ0n) is 21.4. The Labute approximate surface area is 220 Å². The van der Waals surface area contributed by atoms with Gasteiger partial charge in [-0.1, -0.05) is 6.07 Å². The average Bonchev–Trinajstić information content (AvgIpc) is 3.60. The van der Waals surface area contributed by atoms with Gasteiger partial charge in [-0.3, -0.25) is 9.62 Å². The summed E-state index contributed by atoms with van der Waals surface area (Å²) < 4.78 is 68.1. The number of sulfonamides is 1. The summed E-state index contributed by atoms with van der Waals surface area (Å²) in [5.74, 6) is 0. The molecule has 2 aromatic rings. The monoisotopic (exact) mass is 554 g/mol. The predicted octanol–water partition coefficient (Wildman–Crippen LogP) is 3.83. The molecule has 0 aliphatic carbocycles. The van der Waals surface area contributed by atoms with Crippen LogP contribution in [0.2, 0.25) is 0 Å². The van der Waals surface area contributed by atoms with E-state index in [-0.39, 0.29) is 23.7 Å². The van der Waals surface area contributed by atoms with Gasteiger partial charge in [0, 0.05) is 45.0 Å². The Balaban J connectivity index is 1.20. The highest BCUT2D eigenvalue weighted by Gasteiger charge is 2.42. The summed E-state index contributed by atoms with van der Waals surface area (Å²) in [7, 11) is -3.47. The maximum atomic E-state index is 14.0. The number of alkyl halides is 3. The lowest BCUT2D eigenvalue weighted by Gasteiger charge is -2.39. The maximum absolute atomic E-state index is 14.0. The van der Waals surface area contributed by atoms with Crippen molar-refractivity contribution in [2.24, 2.45) is 5.41 Å². The van der Waals surface area contributed by atoms with Crippen LogP contribution in [0.25, 0.3) is 0 Å². The molecule has 0 radical (unpaired) electrons. The number of halogens is 3. The van der Waals surface area contributed by atoms with Gasteiger partial charge in [0.05, 0.1) is 29.9 Å². The third-order valence-electron chi connectivity index (χ3n) is 7.96. The summed E-state index contributed by atoms with van der Waals surface area (Å²) in [6.07, 6.45) is 3.65. The molecule has 3 saturated heterocycles. The van der Waals surface area contributed by atoms with Gasteiger partial charge in [-0.25, -0.2) is 13.2 Å². The van der Waals surface area contributed by atoms with E-state index >= 15 is 0 Å². The minimum atomic E-state index is -4.41. The summed E-state index contributed by atoms with van der Waals surface area (Å²) in [6, 6.07) is 4.43. The highest BCUT2D eigenvalue weighted by Crippen LogP contribution is 2.42. The van der Waals surface area contributed by atoms with Gasteiger partial charge in [0.2, 0.25) is 10.0 Å². The molecule has 9 nitrogen and oxygen atoms in total. The highest BCUT2D eigenvalue weighted by atomic mass is 32.2. The molecule has 5 rings (SSSR count). The molecule has 0 bridgehead atoms. The minimum Gasteiger partial charge on any atom is -0.372 e. The maximum Gasteiger partial charge on any atom is 0.416 e. The fraction of sp³-hybridized carbons (Fsp3) is 0.600. The highest BCUT2D eigenvalue weighted by molar-refractivity contribution is 7.92. The molecule has 208 valence electrons. The first-order chi connectivity index (χ1) is 17.9. The van der Waals surface area contributed by atoms with Crippen LogP contribution in [0, 0.1) is 5.41 Å². The van der Waals surface area contributed by atoms with Crippen molar-refractivity contribution in [3.05, 3.63) is 41.7 Å². The van der Waals surface area contributed by atoms with Gasteiger partial charge in [0.25, 0.3) is 0 Å². The van der Waals surface area contributed by atoms with Crippen LogP contribution >= 0.6 is 0 Å². The molecule has 1 aromatic heterocycles. The number of amides is 1. The second-order valence-corrected chi connectivity index (χ2v) is 12.6. The number of carbonyl (C=O) groups excluding carboxylic acids is 1. The normalized spacial score (nSPS) is 20.4. The first-order valence-electron chi connectivity index (χ1n) is 12.9. The van der Waals surface area contributed by atoms with E-state index in [1.165, 1.54) is 18.5 Å². The molecule has 3 fully saturated rings. The number of anilines is 2. The van der Waals surface area contributed by atoms with E-state index in [2.05, 4.69) is 14.7 Å². The molecule has 3 aliphatic rings. The number of nitrogens with zero attached hydrogens (tertiary/aromatic N) is 5. The Morgan fingerprint density at radius 3 is 2.42 bits per heavy atom. The number of aromatic nitrogens is 2. The van der Waals surface area contributed by atoms with Crippen LogP contribution in [-0.4, -0.2) is 79.6 Å². The summed E-state index contributed by atoms with van der Waals surface area (Å²) >= 11 is 0. The van der Waals surface area contributed by atoms with E-state index in [0.29, 0.717) is 30.9 Å². The van der Waals surface area contributed by atoms with Crippen molar-refractivity contribution in [3.63, 3.8) is 0 Å². The quantitative estimate of drug-likeness (QED) is 0.604. The van der Waals surface area contributed by atoms with Crippen LogP contribution in [0.4, 0.5) is 29.3 Å². The molecule has 38 heavy (non-hydrogen) atoms. The molecular weight excluding hydrogens is 521 g/mol. The van der Waals surface area contributed by atoms with Crippen LogP contribution in [0.1, 0.15) is 43.2 Å². The van der Waals surface area contributed by atoms with Crippen molar-refractivity contribution in [2.45, 2.75) is 44.8 Å². The van der Waals surface area contributed by atoms with Gasteiger partial charge in [0.1, 0.15) is 0 Å². The van der Waals surface area contributed by atoms with Gasteiger partial charge in [-0.2, -0.15) is 23.0 Å². The molecule has 3 aliphatic heterocycles. The van der Waals surface area contributed by atoms with Crippen molar-refractivity contribution in [3.8, 4) is 0 Å². The van der Waals surface area contributed by atoms with E-state index in [4.69, 9.17) is 0 Å². The number of benzene rings is 1. The lowest BCUT2D eigenvalue weighted by Crippen LogP contribution is -2.45. The van der Waals surface area contributed by atoms with E-state index in [0.717, 1.165) is 62.7 Å². The fourth-order valence-corrected chi connectivity index (χ4v) is 6.49. The molecule has 1 spiro atoms. The number of nitrogens with one attached hydrogen (secondary N) is 1. The second kappa shape index (κ2) is 10.1. The predicted molar refractivity (Wildman–Crippen MR) is 138 cm³/mol. The summed E-state index contributed by atoms with van der Waals surface area (Å²) in [5, 5.41) is 3.98. The molecule has 0 unspecified atom stereocenters. The third-order valence-corrected chi connectivity index (χ3v) is 8.56. The van der Waals surface area contributed by atoms with Crippen molar-refractivity contribution in [1.82, 2.24) is 19.6 Å². The third kappa shape index (κ3) is 5.93. The Morgan fingerprint density at radius 2 is 1.76 bits per heavy atom. The number of likely N-dealkylation sites (tertiary alicyclic amines) is 2. The Morgan fingerprint density at radius 1 is 1.08 bits per heavy atom. The fourth-order valence-electron chi connectivity index (χ4n) is 5.96. The SMILES string of the molecule is CS(=O)(=O)Nc1cnn(C(=O)N2CCC3(CCN(Cc4ccc(N5CCCC5)cc4C(F)(F)F)C3)CC2)c1. The van der Waals surface area contributed by atoms with Crippen LogP contribution in [0.3, 0.4) is 0 Å². The second-order valence-electron chi connectivity index (χ2n) is 10.8. The molecule has 4 heterocycles. The Bertz CT molecular complexity index is 1280. The number of rotatable bonds is 5. The van der Waals surface area contributed by atoms with Gasteiger partial charge in [-0.05, 0) is 61.8 Å². The lowest BCUT2D eigenvalue weighted by atomic mass is 9.78. The first-order valence-corrected chi connectivity index (χ1v) is 14.8. The summed E-state index contributed by atoms with van der Waals surface area (Å²) in [4.78, 5) is 18.7. The standard InChI is InChI=1S/C25H33F3N6O3S/c1-38(36,37)30-20-15-29-34(17-20)23(35)33-12-7-24(8-13-33)6-11-31(18-24)16-19-4-5-21(32-9-2-3-10-32)14-22(19)25(26,27)28/h4-5,14-15,17,30H,2-3,6-13,16,18H2,1H3. The van der Waals surface area contributed by atoms with Crippen molar-refractivity contribution in [2.75, 3.05) is 55.1 Å². The van der Waals surface area contributed by atoms with Crippen molar-refractivity contribution < 1.29 is 26.4 Å². The summed E-state index contributed by atoms with van der Waals surface area (Å²) in [6.45, 7) is 4.29. The number of carbonyl (C=O) groups is 1.